The molecular weight excluding hydrogens is 297 g/mol. The Morgan fingerprint density at radius 3 is 2.83 bits per heavy atom. The second-order valence-corrected chi connectivity index (χ2v) is 5.76. The van der Waals surface area contributed by atoms with Gasteiger partial charge in [-0.1, -0.05) is 12.1 Å². The van der Waals surface area contributed by atoms with Crippen LogP contribution in [0.2, 0.25) is 0 Å². The molecule has 1 aromatic carbocycles. The van der Waals surface area contributed by atoms with Crippen molar-refractivity contribution < 1.29 is 14.3 Å². The molecule has 0 saturated carbocycles. The first-order valence-electron chi connectivity index (χ1n) is 7.66. The number of rotatable bonds is 4. The Kier molecular flexibility index (Phi) is 4.50. The number of carboxylic acid groups (broad SMARTS) is 1. The maximum absolute atomic E-state index is 12.9. The molecule has 0 amide bonds. The first-order valence-corrected chi connectivity index (χ1v) is 7.66. The van der Waals surface area contributed by atoms with Crippen LogP contribution < -0.4 is 4.90 Å². The highest BCUT2D eigenvalue weighted by Crippen LogP contribution is 2.22. The minimum Gasteiger partial charge on any atom is -0.481 e. The van der Waals surface area contributed by atoms with Gasteiger partial charge < -0.3 is 10.0 Å². The lowest BCUT2D eigenvalue weighted by Crippen LogP contribution is -2.39. The van der Waals surface area contributed by atoms with Gasteiger partial charge in [0.25, 0.3) is 0 Å². The van der Waals surface area contributed by atoms with Crippen LogP contribution in [0, 0.1) is 11.7 Å². The molecule has 3 rings (SSSR count). The van der Waals surface area contributed by atoms with Gasteiger partial charge in [-0.25, -0.2) is 14.4 Å². The SMILES string of the molecule is O=C(O)[C@H]1CCCN(c2ccnc(Cc3ccc(F)cc3)n2)C1. The van der Waals surface area contributed by atoms with E-state index < -0.39 is 5.97 Å². The third kappa shape index (κ3) is 3.83. The summed E-state index contributed by atoms with van der Waals surface area (Å²) >= 11 is 0. The van der Waals surface area contributed by atoms with Gasteiger partial charge in [0.15, 0.2) is 0 Å². The Balaban J connectivity index is 1.74. The fraction of sp³-hybridized carbons (Fsp3) is 0.353. The number of nitrogens with zero attached hydrogens (tertiary/aromatic N) is 3. The van der Waals surface area contributed by atoms with E-state index in [9.17, 15) is 14.3 Å². The van der Waals surface area contributed by atoms with Crippen molar-refractivity contribution in [1.82, 2.24) is 9.97 Å². The first-order chi connectivity index (χ1) is 11.1. The number of benzene rings is 1. The third-order valence-electron chi connectivity index (χ3n) is 4.06. The Labute approximate surface area is 133 Å². The zero-order valence-electron chi connectivity index (χ0n) is 12.7. The number of carbonyl (C=O) groups is 1. The number of aromatic nitrogens is 2. The summed E-state index contributed by atoms with van der Waals surface area (Å²) < 4.78 is 12.9. The van der Waals surface area contributed by atoms with E-state index in [0.717, 1.165) is 24.3 Å². The van der Waals surface area contributed by atoms with Gasteiger partial charge in [-0.15, -0.1) is 0 Å². The quantitative estimate of drug-likeness (QED) is 0.939. The van der Waals surface area contributed by atoms with Gasteiger partial charge in [-0.3, -0.25) is 4.79 Å². The van der Waals surface area contributed by atoms with Crippen molar-refractivity contribution in [2.45, 2.75) is 19.3 Å². The van der Waals surface area contributed by atoms with Crippen LogP contribution in [0.4, 0.5) is 10.2 Å². The Bertz CT molecular complexity index is 690. The van der Waals surface area contributed by atoms with E-state index in [-0.39, 0.29) is 11.7 Å². The van der Waals surface area contributed by atoms with Gasteiger partial charge in [0, 0.05) is 25.7 Å². The van der Waals surface area contributed by atoms with Crippen molar-refractivity contribution in [3.05, 3.63) is 53.7 Å². The van der Waals surface area contributed by atoms with E-state index in [1.165, 1.54) is 12.1 Å². The summed E-state index contributed by atoms with van der Waals surface area (Å²) in [5, 5.41) is 9.18. The third-order valence-corrected chi connectivity index (χ3v) is 4.06. The van der Waals surface area contributed by atoms with Crippen molar-refractivity contribution >= 4 is 11.8 Å². The summed E-state index contributed by atoms with van der Waals surface area (Å²) in [5.74, 6) is 0.0284. The number of anilines is 1. The number of piperidine rings is 1. The average molecular weight is 315 g/mol. The molecule has 120 valence electrons. The molecule has 0 bridgehead atoms. The Morgan fingerprint density at radius 2 is 2.09 bits per heavy atom. The fourth-order valence-corrected chi connectivity index (χ4v) is 2.82. The molecule has 0 aliphatic carbocycles. The molecular formula is C17H18FN3O2. The highest BCUT2D eigenvalue weighted by Gasteiger charge is 2.26. The number of hydrogen-bond donors (Lipinski definition) is 1. The van der Waals surface area contributed by atoms with E-state index in [0.29, 0.717) is 25.2 Å². The molecule has 0 unspecified atom stereocenters. The van der Waals surface area contributed by atoms with Gasteiger partial charge in [0.1, 0.15) is 17.5 Å². The lowest BCUT2D eigenvalue weighted by Gasteiger charge is -2.31. The normalized spacial score (nSPS) is 18.0. The molecule has 2 aromatic rings. The van der Waals surface area contributed by atoms with Crippen molar-refractivity contribution in [2.24, 2.45) is 5.92 Å². The monoisotopic (exact) mass is 315 g/mol. The summed E-state index contributed by atoms with van der Waals surface area (Å²) in [4.78, 5) is 22.0. The van der Waals surface area contributed by atoms with Crippen LogP contribution in [0.1, 0.15) is 24.2 Å². The number of hydrogen-bond acceptors (Lipinski definition) is 4. The van der Waals surface area contributed by atoms with Crippen LogP contribution in [0.25, 0.3) is 0 Å². The molecule has 0 spiro atoms. The Morgan fingerprint density at radius 1 is 1.30 bits per heavy atom. The molecule has 6 heteroatoms. The maximum Gasteiger partial charge on any atom is 0.308 e. The van der Waals surface area contributed by atoms with E-state index >= 15 is 0 Å². The van der Waals surface area contributed by atoms with E-state index in [1.54, 1.807) is 24.4 Å². The van der Waals surface area contributed by atoms with E-state index in [1.807, 2.05) is 4.90 Å². The first kappa shape index (κ1) is 15.4. The molecule has 1 aromatic heterocycles. The minimum atomic E-state index is -0.754. The van der Waals surface area contributed by atoms with Crippen LogP contribution in [-0.4, -0.2) is 34.1 Å². The zero-order valence-corrected chi connectivity index (χ0v) is 12.7. The second kappa shape index (κ2) is 6.73. The molecule has 23 heavy (non-hydrogen) atoms. The molecule has 1 fully saturated rings. The van der Waals surface area contributed by atoms with E-state index in [4.69, 9.17) is 0 Å². The smallest absolute Gasteiger partial charge is 0.308 e. The van der Waals surface area contributed by atoms with Crippen LogP contribution >= 0.6 is 0 Å². The molecule has 1 N–H and O–H groups in total. The Hall–Kier alpha value is -2.50. The molecule has 5 nitrogen and oxygen atoms in total. The highest BCUT2D eigenvalue weighted by molar-refractivity contribution is 5.71. The number of halogens is 1. The summed E-state index contributed by atoms with van der Waals surface area (Å²) in [6.45, 7) is 1.28. The van der Waals surface area contributed by atoms with Crippen LogP contribution in [-0.2, 0) is 11.2 Å². The van der Waals surface area contributed by atoms with Crippen molar-refractivity contribution in [3.8, 4) is 0 Å². The van der Waals surface area contributed by atoms with Crippen molar-refractivity contribution in [3.63, 3.8) is 0 Å². The number of aliphatic carboxylic acids is 1. The van der Waals surface area contributed by atoms with Gasteiger partial charge in [-0.05, 0) is 36.6 Å². The average Bonchev–Trinajstić information content (AvgIpc) is 2.57. The summed E-state index contributed by atoms with van der Waals surface area (Å²) in [6, 6.07) is 8.07. The lowest BCUT2D eigenvalue weighted by molar-refractivity contribution is -0.141. The van der Waals surface area contributed by atoms with Crippen LogP contribution in [0.3, 0.4) is 0 Å². The predicted octanol–water partition coefficient (Wildman–Crippen LogP) is 2.51. The van der Waals surface area contributed by atoms with Crippen LogP contribution in [0.15, 0.2) is 36.5 Å². The van der Waals surface area contributed by atoms with Gasteiger partial charge >= 0.3 is 5.97 Å². The summed E-state index contributed by atoms with van der Waals surface area (Å²) in [5.41, 5.74) is 0.936. The molecule has 2 heterocycles. The zero-order chi connectivity index (χ0) is 16.2. The highest BCUT2D eigenvalue weighted by atomic mass is 19.1. The van der Waals surface area contributed by atoms with Gasteiger partial charge in [-0.2, -0.15) is 0 Å². The molecule has 0 radical (unpaired) electrons. The largest absolute Gasteiger partial charge is 0.481 e. The summed E-state index contributed by atoms with van der Waals surface area (Å²) in [6.07, 6.45) is 3.75. The minimum absolute atomic E-state index is 0.267. The molecule has 1 saturated heterocycles. The molecule has 1 aliphatic heterocycles. The topological polar surface area (TPSA) is 66.3 Å². The molecule has 1 aliphatic rings. The summed E-state index contributed by atoms with van der Waals surface area (Å²) in [7, 11) is 0. The van der Waals surface area contributed by atoms with Crippen molar-refractivity contribution in [2.75, 3.05) is 18.0 Å². The van der Waals surface area contributed by atoms with Gasteiger partial charge in [0.2, 0.25) is 0 Å². The molecule has 1 atom stereocenters. The number of carboxylic acids is 1. The van der Waals surface area contributed by atoms with E-state index in [2.05, 4.69) is 9.97 Å². The lowest BCUT2D eigenvalue weighted by atomic mass is 9.98. The van der Waals surface area contributed by atoms with Crippen molar-refractivity contribution in [1.29, 1.82) is 0 Å². The van der Waals surface area contributed by atoms with Crippen LogP contribution in [0.5, 0.6) is 0 Å². The second-order valence-electron chi connectivity index (χ2n) is 5.76. The maximum atomic E-state index is 12.9. The van der Waals surface area contributed by atoms with Gasteiger partial charge in [0.05, 0.1) is 5.92 Å². The fourth-order valence-electron chi connectivity index (χ4n) is 2.82. The predicted molar refractivity (Wildman–Crippen MR) is 83.8 cm³/mol. The standard InChI is InChI=1S/C17H18FN3O2/c18-14-5-3-12(4-6-14)10-15-19-8-7-16(20-15)21-9-1-2-13(11-21)17(22)23/h3-8,13H,1-2,9-11H2,(H,22,23)/t13-/m0/s1.